The molecule has 0 atom stereocenters. The third-order valence-corrected chi connectivity index (χ3v) is 7.33. The summed E-state index contributed by atoms with van der Waals surface area (Å²) in [5, 5.41) is 9.37. The van der Waals surface area contributed by atoms with Crippen LogP contribution in [-0.4, -0.2) is 61.4 Å². The summed E-state index contributed by atoms with van der Waals surface area (Å²) in [6.07, 6.45) is 3.04. The van der Waals surface area contributed by atoms with Crippen LogP contribution in [0.1, 0.15) is 11.1 Å². The molecule has 0 unspecified atom stereocenters. The maximum absolute atomic E-state index is 11.9. The van der Waals surface area contributed by atoms with Crippen molar-refractivity contribution in [2.45, 2.75) is 6.54 Å². The van der Waals surface area contributed by atoms with Gasteiger partial charge < -0.3 is 10.6 Å². The van der Waals surface area contributed by atoms with E-state index in [0.29, 0.717) is 35.9 Å². The molecule has 3 aromatic heterocycles. The smallest absolute Gasteiger partial charge is 0.246 e. The molecule has 202 valence electrons. The molecule has 9 nitrogen and oxygen atoms in total. The van der Waals surface area contributed by atoms with Crippen molar-refractivity contribution in [2.75, 3.05) is 31.9 Å². The predicted octanol–water partition coefficient (Wildman–Crippen LogP) is 4.43. The molecule has 41 heavy (non-hydrogen) atoms. The van der Waals surface area contributed by atoms with Crippen LogP contribution in [0.5, 0.6) is 0 Å². The van der Waals surface area contributed by atoms with Crippen molar-refractivity contribution < 1.29 is 4.79 Å². The molecular formula is C32H28N8O. The lowest BCUT2D eigenvalue weighted by atomic mass is 10.1. The molecule has 1 fully saturated rings. The molecule has 9 heteroatoms. The van der Waals surface area contributed by atoms with Crippen molar-refractivity contribution in [3.63, 3.8) is 0 Å². The first-order valence-electron chi connectivity index (χ1n) is 13.4. The Balaban J connectivity index is 1.37. The number of nitriles is 1. The number of nitrogen functional groups attached to an aromatic ring is 1. The highest BCUT2D eigenvalue weighted by atomic mass is 16.2. The molecular weight excluding hydrogens is 512 g/mol. The second-order valence-corrected chi connectivity index (χ2v) is 9.91. The van der Waals surface area contributed by atoms with E-state index in [2.05, 4.69) is 46.8 Å². The largest absolute Gasteiger partial charge is 0.383 e. The minimum absolute atomic E-state index is 0.0128. The summed E-state index contributed by atoms with van der Waals surface area (Å²) < 4.78 is 2.00. The first-order valence-corrected chi connectivity index (χ1v) is 13.4. The van der Waals surface area contributed by atoms with Crippen LogP contribution >= 0.6 is 0 Å². The molecule has 0 bridgehead atoms. The van der Waals surface area contributed by atoms with Gasteiger partial charge in [0.1, 0.15) is 11.3 Å². The van der Waals surface area contributed by atoms with Crippen molar-refractivity contribution in [3.05, 3.63) is 103 Å². The Kier molecular flexibility index (Phi) is 6.98. The molecule has 6 rings (SSSR count). The zero-order chi connectivity index (χ0) is 28.3. The number of benzene rings is 2. The van der Waals surface area contributed by atoms with Gasteiger partial charge in [0.2, 0.25) is 5.91 Å². The number of pyridine rings is 2. The summed E-state index contributed by atoms with van der Waals surface area (Å²) in [7, 11) is 0. The van der Waals surface area contributed by atoms with E-state index in [1.54, 1.807) is 12.3 Å². The SMILES string of the molecule is C=CC(=O)N1CCN(Cc2ccc(-n3c(-c4cccnc4N)nc4ccc(-c5cccc(C#N)c5)nc43)cc2)CC1. The van der Waals surface area contributed by atoms with Crippen LogP contribution in [0.2, 0.25) is 0 Å². The van der Waals surface area contributed by atoms with Gasteiger partial charge in [-0.2, -0.15) is 5.26 Å². The summed E-state index contributed by atoms with van der Waals surface area (Å²) >= 11 is 0. The first kappa shape index (κ1) is 25.9. The van der Waals surface area contributed by atoms with E-state index < -0.39 is 0 Å². The van der Waals surface area contributed by atoms with Gasteiger partial charge in [0.25, 0.3) is 0 Å². The Hall–Kier alpha value is -5.33. The lowest BCUT2D eigenvalue weighted by Gasteiger charge is -2.34. The van der Waals surface area contributed by atoms with Gasteiger partial charge in [-0.15, -0.1) is 0 Å². The van der Waals surface area contributed by atoms with Gasteiger partial charge in [-0.1, -0.05) is 30.8 Å². The fraction of sp³-hybridized carbons (Fsp3) is 0.156. The number of carbonyl (C=O) groups excluding carboxylic acids is 1. The third-order valence-electron chi connectivity index (χ3n) is 7.33. The maximum atomic E-state index is 11.9. The van der Waals surface area contributed by atoms with Crippen LogP contribution in [0.3, 0.4) is 0 Å². The number of anilines is 1. The van der Waals surface area contributed by atoms with Crippen molar-refractivity contribution in [2.24, 2.45) is 0 Å². The van der Waals surface area contributed by atoms with E-state index in [-0.39, 0.29) is 5.91 Å². The molecule has 0 radical (unpaired) electrons. The Bertz CT molecular complexity index is 1790. The predicted molar refractivity (Wildman–Crippen MR) is 159 cm³/mol. The van der Waals surface area contributed by atoms with Gasteiger partial charge in [-0.25, -0.2) is 15.0 Å². The molecule has 1 aliphatic heterocycles. The number of nitrogens with two attached hydrogens (primary N) is 1. The number of carbonyl (C=O) groups is 1. The average molecular weight is 541 g/mol. The van der Waals surface area contributed by atoms with Crippen LogP contribution in [-0.2, 0) is 11.3 Å². The molecule has 1 saturated heterocycles. The Morgan fingerprint density at radius 3 is 2.54 bits per heavy atom. The minimum Gasteiger partial charge on any atom is -0.383 e. The number of nitrogens with zero attached hydrogens (tertiary/aromatic N) is 7. The number of aromatic nitrogens is 4. The first-order chi connectivity index (χ1) is 20.0. The normalized spacial score (nSPS) is 13.7. The molecule has 2 N–H and O–H groups in total. The molecule has 0 aliphatic carbocycles. The van der Waals surface area contributed by atoms with Gasteiger partial charge in [0, 0.05) is 50.2 Å². The molecule has 5 aromatic rings. The third kappa shape index (κ3) is 5.16. The summed E-state index contributed by atoms with van der Waals surface area (Å²) in [6, 6.07) is 25.5. The number of hydrogen-bond acceptors (Lipinski definition) is 7. The van der Waals surface area contributed by atoms with Gasteiger partial charge in [-0.05, 0) is 60.2 Å². The fourth-order valence-electron chi connectivity index (χ4n) is 5.16. The maximum Gasteiger partial charge on any atom is 0.246 e. The van der Waals surface area contributed by atoms with Crippen molar-refractivity contribution in [1.29, 1.82) is 5.26 Å². The van der Waals surface area contributed by atoms with Crippen molar-refractivity contribution in [3.8, 4) is 34.4 Å². The van der Waals surface area contributed by atoms with Crippen LogP contribution in [0.4, 0.5) is 5.82 Å². The molecule has 1 aliphatic rings. The lowest BCUT2D eigenvalue weighted by molar-refractivity contribution is -0.127. The standard InChI is InChI=1S/C32H28N8O/c1-2-29(41)39-17-15-38(16-18-39)21-22-8-10-25(11-9-22)40-31(26-7-4-14-35-30(26)34)37-28-13-12-27(36-32(28)40)24-6-3-5-23(19-24)20-33/h2-14,19H,1,15-18,21H2,(H2,34,35). The van der Waals surface area contributed by atoms with Crippen molar-refractivity contribution >= 4 is 22.9 Å². The second-order valence-electron chi connectivity index (χ2n) is 9.91. The van der Waals surface area contributed by atoms with Gasteiger partial charge >= 0.3 is 0 Å². The summed E-state index contributed by atoms with van der Waals surface area (Å²) in [5.41, 5.74) is 12.6. The number of amides is 1. The number of fused-ring (bicyclic) bond motifs is 1. The van der Waals surface area contributed by atoms with E-state index in [4.69, 9.17) is 15.7 Å². The Labute approximate surface area is 237 Å². The summed E-state index contributed by atoms with van der Waals surface area (Å²) in [6.45, 7) is 7.42. The van der Waals surface area contributed by atoms with E-state index >= 15 is 0 Å². The van der Waals surface area contributed by atoms with Gasteiger partial charge in [0.15, 0.2) is 11.5 Å². The number of hydrogen-bond donors (Lipinski definition) is 1. The fourth-order valence-corrected chi connectivity index (χ4v) is 5.16. The Morgan fingerprint density at radius 1 is 1.00 bits per heavy atom. The summed E-state index contributed by atoms with van der Waals surface area (Å²) in [5.74, 6) is 1.02. The van der Waals surface area contributed by atoms with Crippen LogP contribution in [0.25, 0.3) is 39.5 Å². The van der Waals surface area contributed by atoms with E-state index in [0.717, 1.165) is 47.7 Å². The highest BCUT2D eigenvalue weighted by Gasteiger charge is 2.21. The van der Waals surface area contributed by atoms with E-state index in [9.17, 15) is 10.1 Å². The van der Waals surface area contributed by atoms with E-state index in [1.165, 1.54) is 11.6 Å². The van der Waals surface area contributed by atoms with Crippen LogP contribution in [0.15, 0.2) is 91.6 Å². The molecule has 0 spiro atoms. The highest BCUT2D eigenvalue weighted by molar-refractivity contribution is 5.87. The second kappa shape index (κ2) is 11.0. The quantitative estimate of drug-likeness (QED) is 0.317. The van der Waals surface area contributed by atoms with Gasteiger partial charge in [0.05, 0.1) is 22.9 Å². The monoisotopic (exact) mass is 540 g/mol. The van der Waals surface area contributed by atoms with E-state index in [1.807, 2.05) is 51.9 Å². The summed E-state index contributed by atoms with van der Waals surface area (Å²) in [4.78, 5) is 30.3. The molecule has 2 aromatic carbocycles. The molecule has 1 amide bonds. The van der Waals surface area contributed by atoms with Crippen LogP contribution in [0, 0.1) is 11.3 Å². The number of piperazine rings is 1. The lowest BCUT2D eigenvalue weighted by Crippen LogP contribution is -2.47. The average Bonchev–Trinajstić information content (AvgIpc) is 3.40. The highest BCUT2D eigenvalue weighted by Crippen LogP contribution is 2.32. The molecule has 0 saturated carbocycles. The van der Waals surface area contributed by atoms with Gasteiger partial charge in [-0.3, -0.25) is 14.3 Å². The molecule has 4 heterocycles. The zero-order valence-electron chi connectivity index (χ0n) is 22.4. The number of imidazole rings is 1. The minimum atomic E-state index is -0.0128. The van der Waals surface area contributed by atoms with Crippen LogP contribution < -0.4 is 5.73 Å². The number of rotatable bonds is 6. The Morgan fingerprint density at radius 2 is 1.80 bits per heavy atom. The zero-order valence-corrected chi connectivity index (χ0v) is 22.4. The van der Waals surface area contributed by atoms with Crippen molar-refractivity contribution in [1.82, 2.24) is 29.3 Å². The topological polar surface area (TPSA) is 117 Å².